The molecule has 1 saturated carbocycles. The standard InChI is InChI=1S/C14H25NO3/c1-5-10(6-2)15(8-9(3)4)13(16)11-7-12(11)14(17)18/h9-12H,5-8H2,1-4H3,(H,17,18)/t11-,12+/m1/s1. The highest BCUT2D eigenvalue weighted by molar-refractivity contribution is 5.89. The summed E-state index contributed by atoms with van der Waals surface area (Å²) in [5, 5.41) is 8.92. The lowest BCUT2D eigenvalue weighted by Gasteiger charge is -2.32. The number of rotatable bonds is 7. The number of amides is 1. The Kier molecular flexibility index (Phi) is 5.17. The van der Waals surface area contributed by atoms with Gasteiger partial charge in [0.05, 0.1) is 11.8 Å². The van der Waals surface area contributed by atoms with Gasteiger partial charge < -0.3 is 10.0 Å². The van der Waals surface area contributed by atoms with Crippen LogP contribution < -0.4 is 0 Å². The molecule has 0 saturated heterocycles. The average molecular weight is 255 g/mol. The number of hydrogen-bond donors (Lipinski definition) is 1. The molecule has 1 amide bonds. The maximum Gasteiger partial charge on any atom is 0.307 e. The van der Waals surface area contributed by atoms with Crippen molar-refractivity contribution in [3.8, 4) is 0 Å². The largest absolute Gasteiger partial charge is 0.481 e. The molecule has 0 spiro atoms. The van der Waals surface area contributed by atoms with Crippen LogP contribution in [0, 0.1) is 17.8 Å². The zero-order valence-corrected chi connectivity index (χ0v) is 11.8. The molecule has 2 atom stereocenters. The van der Waals surface area contributed by atoms with Crippen molar-refractivity contribution in [3.63, 3.8) is 0 Å². The van der Waals surface area contributed by atoms with Crippen LogP contribution in [0.5, 0.6) is 0 Å². The van der Waals surface area contributed by atoms with Gasteiger partial charge in [-0.2, -0.15) is 0 Å². The van der Waals surface area contributed by atoms with Gasteiger partial charge in [-0.05, 0) is 25.2 Å². The summed E-state index contributed by atoms with van der Waals surface area (Å²) in [6.07, 6.45) is 2.38. The van der Waals surface area contributed by atoms with E-state index in [2.05, 4.69) is 27.7 Å². The summed E-state index contributed by atoms with van der Waals surface area (Å²) in [6, 6.07) is 0.245. The fraction of sp³-hybridized carbons (Fsp3) is 0.857. The Balaban J connectivity index is 2.71. The number of carbonyl (C=O) groups is 2. The third-order valence-electron chi connectivity index (χ3n) is 3.65. The van der Waals surface area contributed by atoms with E-state index in [1.165, 1.54) is 0 Å². The van der Waals surface area contributed by atoms with E-state index in [4.69, 9.17) is 5.11 Å². The molecule has 1 rings (SSSR count). The molecular formula is C14H25NO3. The first-order chi connectivity index (χ1) is 8.42. The van der Waals surface area contributed by atoms with Crippen LogP contribution in [0.15, 0.2) is 0 Å². The summed E-state index contributed by atoms with van der Waals surface area (Å²) in [5.74, 6) is -1.09. The molecule has 0 radical (unpaired) electrons. The Hall–Kier alpha value is -1.06. The highest BCUT2D eigenvalue weighted by Gasteiger charge is 2.50. The van der Waals surface area contributed by atoms with E-state index in [0.717, 1.165) is 19.4 Å². The van der Waals surface area contributed by atoms with Crippen molar-refractivity contribution in [2.24, 2.45) is 17.8 Å². The third-order valence-corrected chi connectivity index (χ3v) is 3.65. The van der Waals surface area contributed by atoms with Gasteiger partial charge in [0, 0.05) is 12.6 Å². The molecule has 0 heterocycles. The fourth-order valence-corrected chi connectivity index (χ4v) is 2.50. The molecule has 1 aliphatic carbocycles. The van der Waals surface area contributed by atoms with Crippen molar-refractivity contribution >= 4 is 11.9 Å². The lowest BCUT2D eigenvalue weighted by molar-refractivity contribution is -0.143. The molecule has 0 aromatic heterocycles. The first kappa shape index (κ1) is 15.0. The number of hydrogen-bond acceptors (Lipinski definition) is 2. The Labute approximate surface area is 109 Å². The van der Waals surface area contributed by atoms with E-state index >= 15 is 0 Å². The molecule has 0 aromatic carbocycles. The molecule has 104 valence electrons. The van der Waals surface area contributed by atoms with Gasteiger partial charge in [0.2, 0.25) is 5.91 Å². The Morgan fingerprint density at radius 1 is 1.22 bits per heavy atom. The third kappa shape index (κ3) is 3.47. The molecule has 4 heteroatoms. The topological polar surface area (TPSA) is 57.6 Å². The summed E-state index contributed by atoms with van der Waals surface area (Å²) in [5.41, 5.74) is 0. The maximum atomic E-state index is 12.4. The summed E-state index contributed by atoms with van der Waals surface area (Å²) < 4.78 is 0. The van der Waals surface area contributed by atoms with Crippen LogP contribution in [0.3, 0.4) is 0 Å². The lowest BCUT2D eigenvalue weighted by Crippen LogP contribution is -2.43. The minimum atomic E-state index is -0.831. The normalized spacial score (nSPS) is 22.3. The van der Waals surface area contributed by atoms with Crippen molar-refractivity contribution in [3.05, 3.63) is 0 Å². The van der Waals surface area contributed by atoms with Gasteiger partial charge in [0.25, 0.3) is 0 Å². The van der Waals surface area contributed by atoms with Gasteiger partial charge in [0.15, 0.2) is 0 Å². The summed E-state index contributed by atoms with van der Waals surface area (Å²) in [7, 11) is 0. The van der Waals surface area contributed by atoms with Crippen molar-refractivity contribution in [2.75, 3.05) is 6.54 Å². The van der Waals surface area contributed by atoms with Gasteiger partial charge in [-0.25, -0.2) is 0 Å². The quantitative estimate of drug-likeness (QED) is 0.760. The molecule has 0 unspecified atom stereocenters. The van der Waals surface area contributed by atoms with Crippen molar-refractivity contribution in [1.29, 1.82) is 0 Å². The minimum absolute atomic E-state index is 0.0461. The van der Waals surface area contributed by atoms with Gasteiger partial charge >= 0.3 is 5.97 Å². The van der Waals surface area contributed by atoms with Crippen molar-refractivity contribution in [2.45, 2.75) is 53.0 Å². The zero-order valence-electron chi connectivity index (χ0n) is 11.8. The van der Waals surface area contributed by atoms with Crippen LogP contribution in [0.25, 0.3) is 0 Å². The van der Waals surface area contributed by atoms with Gasteiger partial charge in [-0.15, -0.1) is 0 Å². The van der Waals surface area contributed by atoms with Crippen LogP contribution in [-0.4, -0.2) is 34.5 Å². The van der Waals surface area contributed by atoms with Gasteiger partial charge in [-0.3, -0.25) is 9.59 Å². The maximum absolute atomic E-state index is 12.4. The molecule has 4 nitrogen and oxygen atoms in total. The predicted octanol–water partition coefficient (Wildman–Crippen LogP) is 2.38. The molecule has 0 aliphatic heterocycles. The second-order valence-electron chi connectivity index (χ2n) is 5.64. The Morgan fingerprint density at radius 2 is 1.78 bits per heavy atom. The van der Waals surface area contributed by atoms with Crippen molar-refractivity contribution in [1.82, 2.24) is 4.90 Å². The summed E-state index contributed by atoms with van der Waals surface area (Å²) in [4.78, 5) is 25.2. The zero-order chi connectivity index (χ0) is 13.9. The molecular weight excluding hydrogens is 230 g/mol. The second kappa shape index (κ2) is 6.21. The number of carbonyl (C=O) groups excluding carboxylic acids is 1. The Morgan fingerprint density at radius 3 is 2.11 bits per heavy atom. The monoisotopic (exact) mass is 255 g/mol. The fourth-order valence-electron chi connectivity index (χ4n) is 2.50. The molecule has 0 bridgehead atoms. The van der Waals surface area contributed by atoms with Crippen molar-refractivity contribution < 1.29 is 14.7 Å². The molecule has 18 heavy (non-hydrogen) atoms. The summed E-state index contributed by atoms with van der Waals surface area (Å²) in [6.45, 7) is 9.06. The second-order valence-corrected chi connectivity index (χ2v) is 5.64. The highest BCUT2D eigenvalue weighted by atomic mass is 16.4. The number of carboxylic acids is 1. The van der Waals surface area contributed by atoms with E-state index in [1.807, 2.05) is 4.90 Å². The highest BCUT2D eigenvalue weighted by Crippen LogP contribution is 2.40. The van der Waals surface area contributed by atoms with Crippen LogP contribution in [0.2, 0.25) is 0 Å². The van der Waals surface area contributed by atoms with Crippen LogP contribution in [0.1, 0.15) is 47.0 Å². The lowest BCUT2D eigenvalue weighted by atomic mass is 10.1. The Bertz CT molecular complexity index is 310. The van der Waals surface area contributed by atoms with Gasteiger partial charge in [0.1, 0.15) is 0 Å². The smallest absolute Gasteiger partial charge is 0.307 e. The molecule has 1 aliphatic rings. The van der Waals surface area contributed by atoms with E-state index in [-0.39, 0.29) is 17.9 Å². The van der Waals surface area contributed by atoms with E-state index in [1.54, 1.807) is 0 Å². The minimum Gasteiger partial charge on any atom is -0.481 e. The van der Waals surface area contributed by atoms with E-state index in [0.29, 0.717) is 12.3 Å². The van der Waals surface area contributed by atoms with Crippen LogP contribution >= 0.6 is 0 Å². The first-order valence-electron chi connectivity index (χ1n) is 6.95. The average Bonchev–Trinajstić information content (AvgIpc) is 3.07. The van der Waals surface area contributed by atoms with Crippen LogP contribution in [-0.2, 0) is 9.59 Å². The van der Waals surface area contributed by atoms with Crippen LogP contribution in [0.4, 0.5) is 0 Å². The SMILES string of the molecule is CCC(CC)N(CC(C)C)C(=O)[C@@H]1C[C@@H]1C(=O)O. The number of nitrogens with zero attached hydrogens (tertiary/aromatic N) is 1. The number of aliphatic carboxylic acids is 1. The van der Waals surface area contributed by atoms with E-state index < -0.39 is 11.9 Å². The molecule has 0 aromatic rings. The first-order valence-corrected chi connectivity index (χ1v) is 6.95. The van der Waals surface area contributed by atoms with E-state index in [9.17, 15) is 9.59 Å². The predicted molar refractivity (Wildman–Crippen MR) is 70.2 cm³/mol. The molecule has 1 fully saturated rings. The van der Waals surface area contributed by atoms with Gasteiger partial charge in [-0.1, -0.05) is 27.7 Å². The summed E-state index contributed by atoms with van der Waals surface area (Å²) >= 11 is 0. The number of carboxylic acid groups (broad SMARTS) is 1. The molecule has 1 N–H and O–H groups in total.